The van der Waals surface area contributed by atoms with Crippen LogP contribution in [0.3, 0.4) is 0 Å². The van der Waals surface area contributed by atoms with Gasteiger partial charge in [-0.25, -0.2) is 19.3 Å². The van der Waals surface area contributed by atoms with Crippen LogP contribution in [0.1, 0.15) is 31.9 Å². The van der Waals surface area contributed by atoms with Gasteiger partial charge in [-0.3, -0.25) is 4.79 Å². The number of ether oxygens (including phenoxy) is 3. The summed E-state index contributed by atoms with van der Waals surface area (Å²) in [6.45, 7) is 3.31. The smallest absolute Gasteiger partial charge is 0.230 e. The van der Waals surface area contributed by atoms with E-state index in [4.69, 9.17) is 19.9 Å². The summed E-state index contributed by atoms with van der Waals surface area (Å²) in [4.78, 5) is 28.9. The molecule has 2 aromatic heterocycles. The van der Waals surface area contributed by atoms with Gasteiger partial charge in [-0.05, 0) is 50.1 Å². The van der Waals surface area contributed by atoms with Crippen LogP contribution in [0.2, 0.25) is 0 Å². The van der Waals surface area contributed by atoms with Crippen molar-refractivity contribution in [3.05, 3.63) is 48.2 Å². The molecule has 3 aromatic rings. The van der Waals surface area contributed by atoms with Gasteiger partial charge in [0.05, 0.1) is 41.8 Å². The molecule has 11 heteroatoms. The van der Waals surface area contributed by atoms with Crippen molar-refractivity contribution in [2.45, 2.75) is 32.2 Å². The lowest BCUT2D eigenvalue weighted by Gasteiger charge is -2.35. The Bertz CT molecular complexity index is 1190. The summed E-state index contributed by atoms with van der Waals surface area (Å²) in [6, 6.07) is 7.66. The second-order valence-corrected chi connectivity index (χ2v) is 9.01. The quantitative estimate of drug-likeness (QED) is 0.488. The number of halogens is 1. The van der Waals surface area contributed by atoms with E-state index in [1.54, 1.807) is 31.3 Å². The molecule has 5 rings (SSSR count). The van der Waals surface area contributed by atoms with Gasteiger partial charge >= 0.3 is 0 Å². The van der Waals surface area contributed by atoms with Crippen molar-refractivity contribution in [3.63, 3.8) is 0 Å². The third-order valence-electron chi connectivity index (χ3n) is 6.16. The van der Waals surface area contributed by atoms with Gasteiger partial charge in [0.15, 0.2) is 5.82 Å². The minimum atomic E-state index is -0.842. The summed E-state index contributed by atoms with van der Waals surface area (Å²) < 4.78 is 30.9. The van der Waals surface area contributed by atoms with Crippen LogP contribution in [-0.4, -0.2) is 58.3 Å². The molecule has 0 bridgehead atoms. The topological polar surface area (TPSA) is 137 Å². The van der Waals surface area contributed by atoms with Gasteiger partial charge in [0.25, 0.3) is 0 Å². The Morgan fingerprint density at radius 2 is 1.97 bits per heavy atom. The second-order valence-electron chi connectivity index (χ2n) is 9.01. The predicted molar refractivity (Wildman–Crippen MR) is 124 cm³/mol. The van der Waals surface area contributed by atoms with Crippen molar-refractivity contribution in [1.29, 1.82) is 0 Å². The van der Waals surface area contributed by atoms with E-state index in [0.29, 0.717) is 35.0 Å². The molecule has 0 radical (unpaired) electrons. The van der Waals surface area contributed by atoms with Crippen LogP contribution in [-0.2, 0) is 19.0 Å². The van der Waals surface area contributed by atoms with Crippen LogP contribution < -0.4 is 11.1 Å². The third kappa shape index (κ3) is 5.02. The van der Waals surface area contributed by atoms with E-state index < -0.39 is 11.7 Å². The molecule has 184 valence electrons. The van der Waals surface area contributed by atoms with Crippen LogP contribution >= 0.6 is 0 Å². The summed E-state index contributed by atoms with van der Waals surface area (Å²) in [6.07, 6.45) is 2.74. The number of rotatable bonds is 6. The van der Waals surface area contributed by atoms with E-state index in [1.807, 2.05) is 0 Å². The highest BCUT2D eigenvalue weighted by Crippen LogP contribution is 2.35. The molecule has 0 aliphatic carbocycles. The fourth-order valence-corrected chi connectivity index (χ4v) is 4.14. The maximum Gasteiger partial charge on any atom is 0.230 e. The zero-order chi connectivity index (χ0) is 24.4. The number of anilines is 1. The zero-order valence-electron chi connectivity index (χ0n) is 19.3. The molecule has 35 heavy (non-hydrogen) atoms. The van der Waals surface area contributed by atoms with Crippen molar-refractivity contribution in [1.82, 2.24) is 25.3 Å². The Morgan fingerprint density at radius 1 is 1.20 bits per heavy atom. The van der Waals surface area contributed by atoms with Crippen LogP contribution in [0, 0.1) is 11.2 Å². The number of H-pyrrole nitrogens is 1. The van der Waals surface area contributed by atoms with Gasteiger partial charge in [-0.15, -0.1) is 0 Å². The number of nitrogen functional groups attached to an aromatic ring is 1. The number of nitrogens with two attached hydrogens (primary N) is 1. The van der Waals surface area contributed by atoms with Crippen molar-refractivity contribution < 1.29 is 23.4 Å². The van der Waals surface area contributed by atoms with Crippen LogP contribution in [0.15, 0.2) is 36.5 Å². The van der Waals surface area contributed by atoms with Crippen molar-refractivity contribution >= 4 is 11.9 Å². The number of benzene rings is 1. The number of carbonyl (C=O) groups is 1. The van der Waals surface area contributed by atoms with Gasteiger partial charge in [0, 0.05) is 24.9 Å². The van der Waals surface area contributed by atoms with E-state index in [2.05, 4.69) is 25.3 Å². The van der Waals surface area contributed by atoms with Crippen molar-refractivity contribution in [3.8, 4) is 22.6 Å². The number of nitrogens with one attached hydrogen (secondary N) is 2. The van der Waals surface area contributed by atoms with Gasteiger partial charge in [-0.1, -0.05) is 0 Å². The first-order valence-electron chi connectivity index (χ1n) is 11.5. The molecule has 0 saturated carbocycles. The number of imidazole rings is 1. The van der Waals surface area contributed by atoms with Crippen LogP contribution in [0.25, 0.3) is 22.6 Å². The first kappa shape index (κ1) is 23.3. The fraction of sp³-hybridized carbons (Fsp3) is 0.417. The normalized spacial score (nSPS) is 24.4. The maximum atomic E-state index is 13.5. The second kappa shape index (κ2) is 9.68. The molecule has 2 fully saturated rings. The number of amides is 1. The van der Waals surface area contributed by atoms with E-state index in [1.165, 1.54) is 12.1 Å². The first-order chi connectivity index (χ1) is 16.9. The number of carbonyl (C=O) groups excluding carboxylic acids is 1. The summed E-state index contributed by atoms with van der Waals surface area (Å²) in [5.41, 5.74) is 7.23. The predicted octanol–water partition coefficient (Wildman–Crippen LogP) is 2.60. The van der Waals surface area contributed by atoms with Crippen LogP contribution in [0.5, 0.6) is 0 Å². The molecule has 0 spiro atoms. The van der Waals surface area contributed by atoms with E-state index in [0.717, 1.165) is 19.4 Å². The van der Waals surface area contributed by atoms with Crippen molar-refractivity contribution in [2.24, 2.45) is 5.41 Å². The van der Waals surface area contributed by atoms with Crippen LogP contribution in [0.4, 0.5) is 10.3 Å². The monoisotopic (exact) mass is 482 g/mol. The Kier molecular flexibility index (Phi) is 6.46. The molecule has 1 atom stereocenters. The zero-order valence-corrected chi connectivity index (χ0v) is 19.3. The molecule has 1 aromatic carbocycles. The Labute approximate surface area is 201 Å². The number of hydrogen-bond acceptors (Lipinski definition) is 8. The minimum Gasteiger partial charge on any atom is -0.376 e. The fourth-order valence-electron chi connectivity index (χ4n) is 4.14. The average molecular weight is 483 g/mol. The Balaban J connectivity index is 1.34. The lowest BCUT2D eigenvalue weighted by molar-refractivity contribution is -0.231. The molecule has 4 N–H and O–H groups in total. The lowest BCUT2D eigenvalue weighted by Crippen LogP contribution is -2.49. The van der Waals surface area contributed by atoms with Gasteiger partial charge in [0.2, 0.25) is 18.1 Å². The molecule has 10 nitrogen and oxygen atoms in total. The van der Waals surface area contributed by atoms with E-state index in [-0.39, 0.29) is 37.0 Å². The number of nitrogens with zero attached hydrogens (tertiary/aromatic N) is 3. The SMILES string of the molecule is CC1(C(=O)NCC2CCCO2)COC(c2nc(-c3ccc(F)cc3)c(-c3ccnc(N)n3)[nH]2)OC1. The largest absolute Gasteiger partial charge is 0.376 e. The molecule has 2 aliphatic rings. The highest BCUT2D eigenvalue weighted by atomic mass is 19.1. The maximum absolute atomic E-state index is 13.5. The standard InChI is InChI=1S/C24H27FN6O4/c1-24(22(32)28-11-16-3-2-10-33-16)12-34-21(35-13-24)20-30-18(14-4-6-15(25)7-5-14)19(31-20)17-8-9-27-23(26)29-17/h4-9,16,21H,2-3,10-13H2,1H3,(H,28,32)(H,30,31)(H2,26,27,29). The Hall–Kier alpha value is -3.41. The number of hydrogen-bond donors (Lipinski definition) is 3. The molecular formula is C24H27FN6O4. The van der Waals surface area contributed by atoms with E-state index in [9.17, 15) is 9.18 Å². The molecular weight excluding hydrogens is 455 g/mol. The Morgan fingerprint density at radius 3 is 2.66 bits per heavy atom. The van der Waals surface area contributed by atoms with Gasteiger partial charge < -0.3 is 30.2 Å². The minimum absolute atomic E-state index is 0.0583. The molecule has 2 saturated heterocycles. The first-order valence-corrected chi connectivity index (χ1v) is 11.5. The summed E-state index contributed by atoms with van der Waals surface area (Å²) in [5.74, 6) is 0.0142. The summed E-state index contributed by atoms with van der Waals surface area (Å²) in [7, 11) is 0. The van der Waals surface area contributed by atoms with E-state index >= 15 is 0 Å². The molecule has 4 heterocycles. The summed E-state index contributed by atoms with van der Waals surface area (Å²) in [5, 5.41) is 2.95. The molecule has 2 aliphatic heterocycles. The summed E-state index contributed by atoms with van der Waals surface area (Å²) >= 11 is 0. The van der Waals surface area contributed by atoms with Gasteiger partial charge in [0.1, 0.15) is 5.82 Å². The highest BCUT2D eigenvalue weighted by molar-refractivity contribution is 5.82. The number of aromatic amines is 1. The third-order valence-corrected chi connectivity index (χ3v) is 6.16. The number of aromatic nitrogens is 4. The molecule has 1 unspecified atom stereocenters. The van der Waals surface area contributed by atoms with Crippen molar-refractivity contribution in [2.75, 3.05) is 32.1 Å². The lowest BCUT2D eigenvalue weighted by atomic mass is 9.91. The van der Waals surface area contributed by atoms with Gasteiger partial charge in [-0.2, -0.15) is 0 Å². The molecule has 1 amide bonds. The average Bonchev–Trinajstić information content (AvgIpc) is 3.54. The highest BCUT2D eigenvalue weighted by Gasteiger charge is 2.41.